The van der Waals surface area contributed by atoms with E-state index in [0.717, 1.165) is 0 Å². The van der Waals surface area contributed by atoms with E-state index in [2.05, 4.69) is 25.6 Å². The van der Waals surface area contributed by atoms with Crippen LogP contribution >= 0.6 is 0 Å². The highest BCUT2D eigenvalue weighted by Gasteiger charge is 2.38. The topological polar surface area (TPSA) is 92.2 Å². The number of aliphatic hydroxyl groups excluding tert-OH is 1. The molecule has 19 heavy (non-hydrogen) atoms. The molecule has 0 saturated carbocycles. The quantitative estimate of drug-likeness (QED) is 0.705. The van der Waals surface area contributed by atoms with Crippen LogP contribution in [0.1, 0.15) is 6.92 Å². The van der Waals surface area contributed by atoms with E-state index in [9.17, 15) is 13.2 Å². The van der Waals surface area contributed by atoms with Crippen LogP contribution in [-0.2, 0) is 0 Å². The van der Waals surface area contributed by atoms with E-state index in [1.807, 2.05) is 0 Å². The van der Waals surface area contributed by atoms with E-state index >= 15 is 0 Å². The summed E-state index contributed by atoms with van der Waals surface area (Å²) in [4.78, 5) is 11.4. The first-order chi connectivity index (χ1) is 8.86. The first kappa shape index (κ1) is 15.2. The molecular weight excluding hydrogens is 267 g/mol. The summed E-state index contributed by atoms with van der Waals surface area (Å²) in [5.41, 5.74) is 0. The van der Waals surface area contributed by atoms with Crippen molar-refractivity contribution < 1.29 is 23.0 Å². The van der Waals surface area contributed by atoms with Crippen LogP contribution in [-0.4, -0.2) is 52.5 Å². The Morgan fingerprint density at radius 1 is 1.26 bits per heavy atom. The van der Waals surface area contributed by atoms with Crippen molar-refractivity contribution in [3.05, 3.63) is 0 Å². The summed E-state index contributed by atoms with van der Waals surface area (Å²) < 4.78 is 41.4. The van der Waals surface area contributed by atoms with Gasteiger partial charge in [0.25, 0.3) is 0 Å². The van der Waals surface area contributed by atoms with Gasteiger partial charge in [-0.3, -0.25) is 0 Å². The molecule has 0 amide bonds. The van der Waals surface area contributed by atoms with E-state index in [4.69, 9.17) is 9.84 Å². The first-order valence-electron chi connectivity index (χ1n) is 5.42. The van der Waals surface area contributed by atoms with Crippen LogP contribution in [0.15, 0.2) is 0 Å². The number of halogens is 3. The summed E-state index contributed by atoms with van der Waals surface area (Å²) in [6.07, 6.45) is -7.20. The fourth-order valence-corrected chi connectivity index (χ4v) is 1.04. The minimum Gasteiger partial charge on any atom is -0.464 e. The van der Waals surface area contributed by atoms with Crippen molar-refractivity contribution in [2.45, 2.75) is 19.2 Å². The SMILES string of the molecule is CCOc1nc(NC)nc(NCC(O)C(F)(F)F)n1. The van der Waals surface area contributed by atoms with E-state index in [0.29, 0.717) is 6.61 Å². The third kappa shape index (κ3) is 4.73. The Kier molecular flexibility index (Phi) is 5.10. The van der Waals surface area contributed by atoms with Gasteiger partial charge in [-0.1, -0.05) is 0 Å². The lowest BCUT2D eigenvalue weighted by atomic mass is 10.3. The van der Waals surface area contributed by atoms with Gasteiger partial charge in [0.1, 0.15) is 0 Å². The van der Waals surface area contributed by atoms with Gasteiger partial charge in [0.05, 0.1) is 13.2 Å². The van der Waals surface area contributed by atoms with Crippen LogP contribution in [0.4, 0.5) is 25.1 Å². The molecule has 0 aromatic carbocycles. The van der Waals surface area contributed by atoms with Crippen molar-refractivity contribution in [3.63, 3.8) is 0 Å². The van der Waals surface area contributed by atoms with Gasteiger partial charge in [-0.25, -0.2) is 0 Å². The molecule has 3 N–H and O–H groups in total. The van der Waals surface area contributed by atoms with E-state index < -0.39 is 18.8 Å². The molecule has 1 heterocycles. The average molecular weight is 281 g/mol. The Morgan fingerprint density at radius 3 is 2.42 bits per heavy atom. The third-order valence-corrected chi connectivity index (χ3v) is 1.94. The number of alkyl halides is 3. The van der Waals surface area contributed by atoms with Crippen LogP contribution in [0, 0.1) is 0 Å². The van der Waals surface area contributed by atoms with Crippen molar-refractivity contribution in [1.29, 1.82) is 0 Å². The summed E-state index contributed by atoms with van der Waals surface area (Å²) in [6.45, 7) is 1.25. The zero-order valence-electron chi connectivity index (χ0n) is 10.3. The van der Waals surface area contributed by atoms with Gasteiger partial charge in [-0.05, 0) is 6.92 Å². The fourth-order valence-electron chi connectivity index (χ4n) is 1.04. The van der Waals surface area contributed by atoms with Crippen LogP contribution in [0.3, 0.4) is 0 Å². The molecule has 1 rings (SSSR count). The van der Waals surface area contributed by atoms with Crippen LogP contribution < -0.4 is 15.4 Å². The van der Waals surface area contributed by atoms with Gasteiger partial charge in [0, 0.05) is 7.05 Å². The van der Waals surface area contributed by atoms with Crippen LogP contribution in [0.25, 0.3) is 0 Å². The third-order valence-electron chi connectivity index (χ3n) is 1.94. The van der Waals surface area contributed by atoms with Crippen LogP contribution in [0.5, 0.6) is 6.01 Å². The van der Waals surface area contributed by atoms with Gasteiger partial charge >= 0.3 is 12.2 Å². The van der Waals surface area contributed by atoms with Gasteiger partial charge in [-0.15, -0.1) is 0 Å². The standard InChI is InChI=1S/C9H14F3N5O2/c1-3-19-8-16-6(13-2)15-7(17-8)14-4-5(18)9(10,11)12/h5,18H,3-4H2,1-2H3,(H2,13,14,15,16,17). The molecule has 1 aromatic heterocycles. The summed E-state index contributed by atoms with van der Waals surface area (Å²) in [5, 5.41) is 13.7. The zero-order chi connectivity index (χ0) is 14.5. The second-order valence-electron chi connectivity index (χ2n) is 3.39. The summed E-state index contributed by atoms with van der Waals surface area (Å²) in [7, 11) is 1.54. The molecule has 0 radical (unpaired) electrons. The van der Waals surface area contributed by atoms with E-state index in [1.165, 1.54) is 0 Å². The lowest BCUT2D eigenvalue weighted by molar-refractivity contribution is -0.198. The second-order valence-corrected chi connectivity index (χ2v) is 3.39. The average Bonchev–Trinajstić information content (AvgIpc) is 2.34. The number of anilines is 2. The lowest BCUT2D eigenvalue weighted by Gasteiger charge is -2.15. The molecule has 7 nitrogen and oxygen atoms in total. The number of rotatable bonds is 6. The van der Waals surface area contributed by atoms with Crippen molar-refractivity contribution >= 4 is 11.9 Å². The minimum absolute atomic E-state index is 0.0224. The van der Waals surface area contributed by atoms with E-state index in [1.54, 1.807) is 14.0 Å². The maximum Gasteiger partial charge on any atom is 0.416 e. The number of nitrogens with one attached hydrogen (secondary N) is 2. The molecule has 0 fully saturated rings. The van der Waals surface area contributed by atoms with Gasteiger partial charge in [0.15, 0.2) is 6.10 Å². The van der Waals surface area contributed by atoms with E-state index in [-0.39, 0.29) is 17.9 Å². The monoisotopic (exact) mass is 281 g/mol. The minimum atomic E-state index is -4.70. The Hall–Kier alpha value is -1.84. The molecule has 0 aliphatic heterocycles. The molecule has 0 spiro atoms. The molecule has 0 bridgehead atoms. The molecule has 0 saturated heterocycles. The normalized spacial score (nSPS) is 12.9. The van der Waals surface area contributed by atoms with Gasteiger partial charge in [-0.2, -0.15) is 28.1 Å². The number of nitrogens with zero attached hydrogens (tertiary/aromatic N) is 3. The summed E-state index contributed by atoms with van der Waals surface area (Å²) >= 11 is 0. The number of hydrogen-bond acceptors (Lipinski definition) is 7. The van der Waals surface area contributed by atoms with Gasteiger partial charge in [0.2, 0.25) is 11.9 Å². The molecule has 0 aliphatic rings. The predicted octanol–water partition coefficient (Wildman–Crippen LogP) is 0.647. The fraction of sp³-hybridized carbons (Fsp3) is 0.667. The predicted molar refractivity (Wildman–Crippen MR) is 61.1 cm³/mol. The Morgan fingerprint density at radius 2 is 1.89 bits per heavy atom. The zero-order valence-corrected chi connectivity index (χ0v) is 10.3. The molecule has 108 valence electrons. The number of aliphatic hydroxyl groups is 1. The highest BCUT2D eigenvalue weighted by molar-refractivity contribution is 5.35. The highest BCUT2D eigenvalue weighted by atomic mass is 19.4. The molecular formula is C9H14F3N5O2. The molecule has 1 aromatic rings. The molecule has 10 heteroatoms. The molecule has 1 atom stereocenters. The van der Waals surface area contributed by atoms with Crippen LogP contribution in [0.2, 0.25) is 0 Å². The Balaban J connectivity index is 2.74. The summed E-state index contributed by atoms with van der Waals surface area (Å²) in [5.74, 6) is 0.0218. The largest absolute Gasteiger partial charge is 0.464 e. The van der Waals surface area contributed by atoms with Crippen molar-refractivity contribution in [3.8, 4) is 6.01 Å². The maximum absolute atomic E-state index is 12.1. The highest BCUT2D eigenvalue weighted by Crippen LogP contribution is 2.20. The molecule has 0 aliphatic carbocycles. The smallest absolute Gasteiger partial charge is 0.416 e. The molecule has 1 unspecified atom stereocenters. The van der Waals surface area contributed by atoms with Crippen molar-refractivity contribution in [1.82, 2.24) is 15.0 Å². The number of aromatic nitrogens is 3. The summed E-state index contributed by atoms with van der Waals surface area (Å²) in [6, 6.07) is -0.0224. The lowest BCUT2D eigenvalue weighted by Crippen LogP contribution is -2.35. The Bertz CT molecular complexity index is 415. The van der Waals surface area contributed by atoms with Gasteiger partial charge < -0.3 is 20.5 Å². The number of hydrogen-bond donors (Lipinski definition) is 3. The maximum atomic E-state index is 12.1. The van der Waals surface area contributed by atoms with Crippen molar-refractivity contribution in [2.75, 3.05) is 30.8 Å². The Labute approximate surface area is 107 Å². The second kappa shape index (κ2) is 6.36. The first-order valence-corrected chi connectivity index (χ1v) is 5.42. The van der Waals surface area contributed by atoms with Crippen molar-refractivity contribution in [2.24, 2.45) is 0 Å². The number of ether oxygens (including phenoxy) is 1.